The molecule has 0 radical (unpaired) electrons. The number of hydrogen-bond donors (Lipinski definition) is 0. The molecule has 0 atom stereocenters. The van der Waals surface area contributed by atoms with Crippen LogP contribution in [-0.4, -0.2) is 6.26 Å². The van der Waals surface area contributed by atoms with Crippen molar-refractivity contribution in [3.8, 4) is 0 Å². The highest BCUT2D eigenvalue weighted by atomic mass is 32.2. The molecule has 0 aromatic heterocycles. The molecule has 0 amide bonds. The Morgan fingerprint density at radius 3 is 1.67 bits per heavy atom. The first-order valence-corrected chi connectivity index (χ1v) is 6.80. The van der Waals surface area contributed by atoms with E-state index in [9.17, 15) is 0 Å². The Bertz CT molecular complexity index is 256. The molecule has 0 nitrogen and oxygen atoms in total. The molecule has 0 unspecified atom stereocenters. The first-order chi connectivity index (χ1) is 6.59. The van der Waals surface area contributed by atoms with Crippen LogP contribution in [0.3, 0.4) is 0 Å². The van der Waals surface area contributed by atoms with Crippen LogP contribution in [0.2, 0.25) is 0 Å². The van der Waals surface area contributed by atoms with Gasteiger partial charge in [-0.3, -0.25) is 0 Å². The van der Waals surface area contributed by atoms with E-state index in [1.54, 1.807) is 11.8 Å². The van der Waals surface area contributed by atoms with Crippen molar-refractivity contribution >= 4 is 11.8 Å². The fourth-order valence-electron chi connectivity index (χ4n) is 1.00. The minimum absolute atomic E-state index is 0.232. The van der Waals surface area contributed by atoms with Gasteiger partial charge in [0.25, 0.3) is 0 Å². The highest BCUT2D eigenvalue weighted by Crippen LogP contribution is 2.33. The van der Waals surface area contributed by atoms with Crippen LogP contribution in [0.5, 0.6) is 0 Å². The number of hydrogen-bond acceptors (Lipinski definition) is 1. The van der Waals surface area contributed by atoms with Gasteiger partial charge in [0.05, 0.1) is 0 Å². The van der Waals surface area contributed by atoms with E-state index in [1.165, 1.54) is 11.1 Å². The van der Waals surface area contributed by atoms with Crippen molar-refractivity contribution in [2.45, 2.75) is 48.5 Å². The molecule has 0 saturated carbocycles. The molecule has 0 aliphatic carbocycles. The number of rotatable bonds is 2. The first kappa shape index (κ1) is 14.8. The molecule has 0 aliphatic heterocycles. The molecule has 0 aromatic rings. The van der Waals surface area contributed by atoms with Crippen LogP contribution in [0.25, 0.3) is 0 Å². The minimum Gasteiger partial charge on any atom is -0.137 e. The first-order valence-electron chi connectivity index (χ1n) is 5.51. The molecule has 0 heterocycles. The van der Waals surface area contributed by atoms with E-state index >= 15 is 0 Å². The van der Waals surface area contributed by atoms with Gasteiger partial charge in [0.1, 0.15) is 0 Å². The number of thioether (sulfide) groups is 1. The van der Waals surface area contributed by atoms with E-state index in [4.69, 9.17) is 0 Å². The lowest BCUT2D eigenvalue weighted by molar-refractivity contribution is 0.490. The van der Waals surface area contributed by atoms with Crippen LogP contribution in [0, 0.1) is 10.8 Å². The molecule has 0 N–H and O–H groups in total. The normalized spacial score (nSPS) is 15.7. The Labute approximate surface area is 100 Å². The van der Waals surface area contributed by atoms with Gasteiger partial charge >= 0.3 is 0 Å². The van der Waals surface area contributed by atoms with Crippen molar-refractivity contribution in [1.82, 2.24) is 0 Å². The molecule has 0 fully saturated rings. The molecule has 0 spiro atoms. The summed E-state index contributed by atoms with van der Waals surface area (Å²) in [4.78, 5) is 0. The lowest BCUT2D eigenvalue weighted by Crippen LogP contribution is -2.11. The van der Waals surface area contributed by atoms with Gasteiger partial charge in [-0.15, -0.1) is 11.8 Å². The van der Waals surface area contributed by atoms with Gasteiger partial charge in [-0.25, -0.2) is 0 Å². The summed E-state index contributed by atoms with van der Waals surface area (Å²) in [7, 11) is 0. The van der Waals surface area contributed by atoms with Gasteiger partial charge < -0.3 is 0 Å². The summed E-state index contributed by atoms with van der Waals surface area (Å²) < 4.78 is 0. The number of allylic oxidation sites excluding steroid dienone is 3. The Hall–Kier alpha value is -0.170. The smallest absolute Gasteiger partial charge is 0.0127 e. The molecule has 1 heteroatoms. The highest BCUT2D eigenvalue weighted by molar-refractivity contribution is 8.01. The van der Waals surface area contributed by atoms with Crippen LogP contribution in [0.1, 0.15) is 48.5 Å². The maximum atomic E-state index is 2.34. The van der Waals surface area contributed by atoms with Gasteiger partial charge in [0.2, 0.25) is 0 Å². The zero-order chi connectivity index (χ0) is 12.3. The van der Waals surface area contributed by atoms with E-state index < -0.39 is 0 Å². The molecule has 0 saturated heterocycles. The summed E-state index contributed by atoms with van der Waals surface area (Å²) in [5.74, 6) is 0. The Kier molecular flexibility index (Phi) is 5.19. The van der Waals surface area contributed by atoms with Crippen LogP contribution >= 0.6 is 11.8 Å². The molecule has 0 bridgehead atoms. The van der Waals surface area contributed by atoms with Crippen LogP contribution in [0.15, 0.2) is 22.6 Å². The standard InChI is InChI=1S/C14H26S/c1-11(13(2,3)4)9-12(10-15-8)14(5,6)7/h9-10H,1-8H3/b11-9+,12-10+. The monoisotopic (exact) mass is 226 g/mol. The van der Waals surface area contributed by atoms with Crippen LogP contribution < -0.4 is 0 Å². The van der Waals surface area contributed by atoms with Gasteiger partial charge in [-0.05, 0) is 35.0 Å². The van der Waals surface area contributed by atoms with Crippen molar-refractivity contribution in [2.75, 3.05) is 6.26 Å². The second kappa shape index (κ2) is 5.25. The molecule has 88 valence electrons. The van der Waals surface area contributed by atoms with E-state index in [1.807, 2.05) is 0 Å². The second-order valence-electron chi connectivity index (χ2n) is 6.14. The lowest BCUT2D eigenvalue weighted by Gasteiger charge is -2.25. The molecular formula is C14H26S. The van der Waals surface area contributed by atoms with Crippen molar-refractivity contribution in [2.24, 2.45) is 10.8 Å². The predicted octanol–water partition coefficient (Wildman–Crippen LogP) is 5.27. The average Bonchev–Trinajstić information content (AvgIpc) is 1.99. The fourth-order valence-corrected chi connectivity index (χ4v) is 1.68. The molecular weight excluding hydrogens is 200 g/mol. The van der Waals surface area contributed by atoms with Crippen molar-refractivity contribution in [3.05, 3.63) is 22.6 Å². The van der Waals surface area contributed by atoms with Crippen LogP contribution in [0.4, 0.5) is 0 Å². The maximum absolute atomic E-state index is 2.34. The summed E-state index contributed by atoms with van der Waals surface area (Å²) in [6, 6.07) is 0. The predicted molar refractivity (Wildman–Crippen MR) is 74.3 cm³/mol. The molecule has 15 heavy (non-hydrogen) atoms. The lowest BCUT2D eigenvalue weighted by atomic mass is 9.81. The maximum Gasteiger partial charge on any atom is -0.0127 e. The highest BCUT2D eigenvalue weighted by Gasteiger charge is 2.18. The van der Waals surface area contributed by atoms with Crippen LogP contribution in [-0.2, 0) is 0 Å². The van der Waals surface area contributed by atoms with E-state index in [2.05, 4.69) is 66.2 Å². The summed E-state index contributed by atoms with van der Waals surface area (Å²) >= 11 is 1.78. The summed E-state index contributed by atoms with van der Waals surface area (Å²) in [5, 5.41) is 2.26. The van der Waals surface area contributed by atoms with Gasteiger partial charge in [0, 0.05) is 0 Å². The van der Waals surface area contributed by atoms with Crippen molar-refractivity contribution in [3.63, 3.8) is 0 Å². The fraction of sp³-hybridized carbons (Fsp3) is 0.714. The molecule has 0 aromatic carbocycles. The van der Waals surface area contributed by atoms with E-state index in [0.717, 1.165) is 0 Å². The molecule has 0 aliphatic rings. The van der Waals surface area contributed by atoms with Crippen molar-refractivity contribution in [1.29, 1.82) is 0 Å². The van der Waals surface area contributed by atoms with Crippen molar-refractivity contribution < 1.29 is 0 Å². The minimum atomic E-state index is 0.232. The third-order valence-electron chi connectivity index (χ3n) is 2.67. The third kappa shape index (κ3) is 5.46. The van der Waals surface area contributed by atoms with Gasteiger partial charge in [-0.2, -0.15) is 0 Å². The largest absolute Gasteiger partial charge is 0.137 e. The second-order valence-corrected chi connectivity index (χ2v) is 6.84. The third-order valence-corrected chi connectivity index (χ3v) is 3.16. The Balaban J connectivity index is 5.10. The van der Waals surface area contributed by atoms with Gasteiger partial charge in [-0.1, -0.05) is 53.2 Å². The zero-order valence-electron chi connectivity index (χ0n) is 11.6. The summed E-state index contributed by atoms with van der Waals surface area (Å²) in [6.07, 6.45) is 4.46. The van der Waals surface area contributed by atoms with E-state index in [0.29, 0.717) is 0 Å². The average molecular weight is 226 g/mol. The van der Waals surface area contributed by atoms with E-state index in [-0.39, 0.29) is 10.8 Å². The topological polar surface area (TPSA) is 0 Å². The van der Waals surface area contributed by atoms with Gasteiger partial charge in [0.15, 0.2) is 0 Å². The quantitative estimate of drug-likeness (QED) is 0.578. The Morgan fingerprint density at radius 1 is 0.933 bits per heavy atom. The molecule has 0 rings (SSSR count). The Morgan fingerprint density at radius 2 is 1.40 bits per heavy atom. The summed E-state index contributed by atoms with van der Waals surface area (Å²) in [6.45, 7) is 15.8. The SMILES string of the molecule is CS/C=C(\C=C(/C)C(C)(C)C)C(C)(C)C. The summed E-state index contributed by atoms with van der Waals surface area (Å²) in [5.41, 5.74) is 3.36. The zero-order valence-corrected chi connectivity index (χ0v) is 12.4.